The van der Waals surface area contributed by atoms with Crippen molar-refractivity contribution in [1.82, 2.24) is 29.7 Å². The van der Waals surface area contributed by atoms with Crippen LogP contribution in [-0.4, -0.2) is 48.2 Å². The van der Waals surface area contributed by atoms with Crippen LogP contribution in [0.4, 0.5) is 0 Å². The Morgan fingerprint density at radius 1 is 1.23 bits per heavy atom. The molecule has 3 aromatic rings. The van der Waals surface area contributed by atoms with E-state index in [9.17, 15) is 4.79 Å². The van der Waals surface area contributed by atoms with E-state index in [1.54, 1.807) is 4.68 Å². The Balaban J connectivity index is 1.34. The van der Waals surface area contributed by atoms with E-state index in [0.29, 0.717) is 18.8 Å². The molecule has 1 aromatic carbocycles. The number of hydrogen-bond acceptors (Lipinski definition) is 5. The van der Waals surface area contributed by atoms with E-state index in [-0.39, 0.29) is 11.9 Å². The molecule has 0 saturated carbocycles. The van der Waals surface area contributed by atoms with Crippen LogP contribution in [-0.2, 0) is 20.2 Å². The summed E-state index contributed by atoms with van der Waals surface area (Å²) in [5.74, 6) is 0.840. The Morgan fingerprint density at radius 2 is 2.07 bits per heavy atom. The lowest BCUT2D eigenvalue weighted by atomic mass is 9.99. The SMILES string of the molecule is Cc1cc(C(=O)N2CCCCC2CCn2cc(COc3ccccc3)nn2)nn1C. The fourth-order valence-electron chi connectivity index (χ4n) is 3.85. The van der Waals surface area contributed by atoms with Gasteiger partial charge < -0.3 is 9.64 Å². The van der Waals surface area contributed by atoms with Crippen LogP contribution in [0.1, 0.15) is 47.6 Å². The molecule has 0 aliphatic carbocycles. The molecule has 4 rings (SSSR count). The van der Waals surface area contributed by atoms with E-state index in [0.717, 1.165) is 49.4 Å². The van der Waals surface area contributed by atoms with E-state index in [4.69, 9.17) is 4.74 Å². The number of hydrogen-bond donors (Lipinski definition) is 0. The molecule has 1 atom stereocenters. The van der Waals surface area contributed by atoms with Crippen LogP contribution in [0.2, 0.25) is 0 Å². The average molecular weight is 409 g/mol. The molecule has 8 heteroatoms. The van der Waals surface area contributed by atoms with Crippen LogP contribution in [0.15, 0.2) is 42.6 Å². The molecular weight excluding hydrogens is 380 g/mol. The molecule has 0 radical (unpaired) electrons. The van der Waals surface area contributed by atoms with Crippen molar-refractivity contribution < 1.29 is 9.53 Å². The molecule has 1 aliphatic heterocycles. The summed E-state index contributed by atoms with van der Waals surface area (Å²) < 4.78 is 9.32. The van der Waals surface area contributed by atoms with Crippen molar-refractivity contribution in [3.05, 3.63) is 59.7 Å². The van der Waals surface area contributed by atoms with Gasteiger partial charge in [0.15, 0.2) is 5.69 Å². The fraction of sp³-hybridized carbons (Fsp3) is 0.455. The predicted molar refractivity (Wildman–Crippen MR) is 112 cm³/mol. The Labute approximate surface area is 176 Å². The third-order valence-electron chi connectivity index (χ3n) is 5.63. The van der Waals surface area contributed by atoms with Gasteiger partial charge in [-0.15, -0.1) is 5.10 Å². The molecule has 0 bridgehead atoms. The summed E-state index contributed by atoms with van der Waals surface area (Å²) in [7, 11) is 1.86. The number of rotatable bonds is 7. The topological polar surface area (TPSA) is 78.1 Å². The summed E-state index contributed by atoms with van der Waals surface area (Å²) in [5, 5.41) is 12.8. The predicted octanol–water partition coefficient (Wildman–Crippen LogP) is 2.98. The zero-order valence-electron chi connectivity index (χ0n) is 17.6. The van der Waals surface area contributed by atoms with Crippen molar-refractivity contribution in [3.63, 3.8) is 0 Å². The van der Waals surface area contributed by atoms with Crippen LogP contribution < -0.4 is 4.74 Å². The highest BCUT2D eigenvalue weighted by Crippen LogP contribution is 2.22. The van der Waals surface area contributed by atoms with Crippen LogP contribution in [0, 0.1) is 6.92 Å². The Kier molecular flexibility index (Phi) is 6.11. The van der Waals surface area contributed by atoms with Gasteiger partial charge in [-0.1, -0.05) is 23.4 Å². The zero-order chi connectivity index (χ0) is 20.9. The van der Waals surface area contributed by atoms with Crippen molar-refractivity contribution >= 4 is 5.91 Å². The highest BCUT2D eigenvalue weighted by Gasteiger charge is 2.29. The summed E-state index contributed by atoms with van der Waals surface area (Å²) in [5.41, 5.74) is 2.31. The maximum absolute atomic E-state index is 13.0. The monoisotopic (exact) mass is 408 g/mol. The second-order valence-electron chi connectivity index (χ2n) is 7.81. The highest BCUT2D eigenvalue weighted by atomic mass is 16.5. The lowest BCUT2D eigenvalue weighted by Gasteiger charge is -2.35. The van der Waals surface area contributed by atoms with Crippen LogP contribution in [0.3, 0.4) is 0 Å². The summed E-state index contributed by atoms with van der Waals surface area (Å²) >= 11 is 0. The molecule has 1 unspecified atom stereocenters. The normalized spacial score (nSPS) is 16.6. The number of aryl methyl sites for hydroxylation is 3. The molecule has 1 fully saturated rings. The molecule has 1 saturated heterocycles. The minimum absolute atomic E-state index is 0.0268. The molecule has 8 nitrogen and oxygen atoms in total. The van der Waals surface area contributed by atoms with E-state index >= 15 is 0 Å². The minimum Gasteiger partial charge on any atom is -0.487 e. The lowest BCUT2D eigenvalue weighted by Crippen LogP contribution is -2.44. The number of carbonyl (C=O) groups is 1. The van der Waals surface area contributed by atoms with Gasteiger partial charge in [0.05, 0.1) is 6.20 Å². The van der Waals surface area contributed by atoms with Gasteiger partial charge >= 0.3 is 0 Å². The standard InChI is InChI=1S/C22H28N6O2/c1-17-14-21(24-26(17)2)22(29)28-12-7-6-8-19(28)11-13-27-15-18(23-25-27)16-30-20-9-4-3-5-10-20/h3-5,9-10,14-15,19H,6-8,11-13,16H2,1-2H3. The first kappa shape index (κ1) is 20.1. The number of aromatic nitrogens is 5. The second kappa shape index (κ2) is 9.11. The van der Waals surface area contributed by atoms with Gasteiger partial charge in [-0.3, -0.25) is 14.2 Å². The molecule has 0 spiro atoms. The number of nitrogens with zero attached hydrogens (tertiary/aromatic N) is 6. The lowest BCUT2D eigenvalue weighted by molar-refractivity contribution is 0.0587. The summed E-state index contributed by atoms with van der Waals surface area (Å²) in [6.07, 6.45) is 5.96. The molecular formula is C22H28N6O2. The molecule has 158 valence electrons. The van der Waals surface area contributed by atoms with Crippen molar-refractivity contribution in [2.24, 2.45) is 7.05 Å². The first-order valence-electron chi connectivity index (χ1n) is 10.5. The number of carbonyl (C=O) groups excluding carboxylic acids is 1. The molecule has 0 N–H and O–H groups in total. The number of amides is 1. The Hall–Kier alpha value is -3.16. The van der Waals surface area contributed by atoms with Crippen molar-refractivity contribution in [3.8, 4) is 5.75 Å². The van der Waals surface area contributed by atoms with Crippen LogP contribution >= 0.6 is 0 Å². The number of para-hydroxylation sites is 1. The van der Waals surface area contributed by atoms with Gasteiger partial charge in [0.2, 0.25) is 0 Å². The summed E-state index contributed by atoms with van der Waals surface area (Å²) in [6, 6.07) is 11.7. The quantitative estimate of drug-likeness (QED) is 0.601. The molecule has 2 aromatic heterocycles. The second-order valence-corrected chi connectivity index (χ2v) is 7.81. The third-order valence-corrected chi connectivity index (χ3v) is 5.63. The van der Waals surface area contributed by atoms with Crippen molar-refractivity contribution in [2.75, 3.05) is 6.54 Å². The van der Waals surface area contributed by atoms with Crippen LogP contribution in [0.5, 0.6) is 5.75 Å². The minimum atomic E-state index is 0.0268. The van der Waals surface area contributed by atoms with Crippen molar-refractivity contribution in [1.29, 1.82) is 0 Å². The maximum atomic E-state index is 13.0. The van der Waals surface area contributed by atoms with E-state index < -0.39 is 0 Å². The van der Waals surface area contributed by atoms with Gasteiger partial charge in [-0.05, 0) is 50.8 Å². The zero-order valence-corrected chi connectivity index (χ0v) is 17.6. The van der Waals surface area contributed by atoms with E-state index in [1.807, 2.05) is 66.1 Å². The molecule has 30 heavy (non-hydrogen) atoms. The fourth-order valence-corrected chi connectivity index (χ4v) is 3.85. The third kappa shape index (κ3) is 4.69. The number of ether oxygens (including phenoxy) is 1. The van der Waals surface area contributed by atoms with Gasteiger partial charge in [0.1, 0.15) is 18.1 Å². The summed E-state index contributed by atoms with van der Waals surface area (Å²) in [4.78, 5) is 15.0. The van der Waals surface area contributed by atoms with Gasteiger partial charge in [0, 0.05) is 31.9 Å². The summed E-state index contributed by atoms with van der Waals surface area (Å²) in [6.45, 7) is 3.85. The van der Waals surface area contributed by atoms with Gasteiger partial charge in [0.25, 0.3) is 5.91 Å². The number of benzene rings is 1. The molecule has 1 aliphatic rings. The first-order chi connectivity index (χ1) is 14.6. The van der Waals surface area contributed by atoms with Crippen LogP contribution in [0.25, 0.3) is 0 Å². The average Bonchev–Trinajstić information content (AvgIpc) is 3.37. The highest BCUT2D eigenvalue weighted by molar-refractivity contribution is 5.92. The number of likely N-dealkylation sites (tertiary alicyclic amines) is 1. The number of piperidine rings is 1. The molecule has 3 heterocycles. The van der Waals surface area contributed by atoms with Gasteiger partial charge in [-0.25, -0.2) is 0 Å². The van der Waals surface area contributed by atoms with E-state index in [1.165, 1.54) is 0 Å². The largest absolute Gasteiger partial charge is 0.487 e. The van der Waals surface area contributed by atoms with Gasteiger partial charge in [-0.2, -0.15) is 5.10 Å². The van der Waals surface area contributed by atoms with E-state index in [2.05, 4.69) is 15.4 Å². The molecule has 1 amide bonds. The first-order valence-corrected chi connectivity index (χ1v) is 10.5. The van der Waals surface area contributed by atoms with Crippen molar-refractivity contribution in [2.45, 2.75) is 51.8 Å². The maximum Gasteiger partial charge on any atom is 0.274 e. The smallest absolute Gasteiger partial charge is 0.274 e. The Morgan fingerprint density at radius 3 is 2.83 bits per heavy atom. The Bertz CT molecular complexity index is 961.